The average Bonchev–Trinajstić information content (AvgIpc) is 0.735. The van der Waals surface area contributed by atoms with Crippen molar-refractivity contribution >= 4 is 29.6 Å². The van der Waals surface area contributed by atoms with Crippen LogP contribution in [0.15, 0.2) is 72.8 Å². The molecule has 42 heteroatoms. The van der Waals surface area contributed by atoms with Crippen molar-refractivity contribution in [3.8, 4) is 22.6 Å². The Hall–Kier alpha value is -6.59. The van der Waals surface area contributed by atoms with E-state index in [2.05, 4.69) is 21.3 Å². The molecule has 0 radical (unpaired) electrons. The second-order valence-electron chi connectivity index (χ2n) is 27.6. The lowest BCUT2D eigenvalue weighted by Crippen LogP contribution is -2.70. The number of aliphatic hydroxyl groups excluding tert-OH is 18. The molecule has 17 unspecified atom stereocenters. The van der Waals surface area contributed by atoms with E-state index < -0.39 is 273 Å². The third kappa shape index (κ3) is 23.0. The number of carbonyl (C=O) groups excluding carboxylic acids is 5. The van der Waals surface area contributed by atoms with Gasteiger partial charge in [0.1, 0.15) is 158 Å². The van der Waals surface area contributed by atoms with E-state index in [0.29, 0.717) is 16.7 Å². The minimum atomic E-state index is -2.04. The molecule has 3 aromatic carbocycles. The largest absolute Gasteiger partial charge is 0.484 e. The molecular formula is C71H102N4O38. The Labute approximate surface area is 645 Å². The van der Waals surface area contributed by atoms with Gasteiger partial charge in [-0.15, -0.1) is 0 Å². The fourth-order valence-corrected chi connectivity index (χ4v) is 13.4. The summed E-state index contributed by atoms with van der Waals surface area (Å²) in [6.45, 7) is -4.71. The first kappa shape index (κ1) is 90.3. The SMILES string of the molecule is CC(=O)NC1C(O)[C@H](O[C@@H]2OC(CO)[C@H](O)C(O[C@H]3OC(CO)[C@H](O)C(O)C3O)C2O)C(CO)O[C@H]1OCCCNC(=O)COc1ccc(-c2cc(OCC(=O)NCCCO[C@@H]3OC[C@](CCO)(O[C@@H]4OC(CO)[C@H](O)C(O[C@H]5OC(CO)[C@H](O)C(O)C5O)C4O)C(O)C3NC(C)=O)cc(C(=O)OCc3ccccc3)c2)cc1. The first-order chi connectivity index (χ1) is 54.1. The van der Waals surface area contributed by atoms with Gasteiger partial charge in [-0.2, -0.15) is 0 Å². The van der Waals surface area contributed by atoms with E-state index in [1.807, 2.05) is 0 Å². The summed E-state index contributed by atoms with van der Waals surface area (Å²) in [5.41, 5.74) is -0.285. The number of aliphatic hydroxyl groups is 18. The van der Waals surface area contributed by atoms with Gasteiger partial charge in [0.05, 0.1) is 58.4 Å². The molecule has 0 aromatic heterocycles. The smallest absolute Gasteiger partial charge is 0.338 e. The molecule has 42 nitrogen and oxygen atoms in total. The molecule has 6 fully saturated rings. The van der Waals surface area contributed by atoms with Crippen molar-refractivity contribution in [1.29, 1.82) is 0 Å². The second kappa shape index (κ2) is 42.5. The molecule has 3 aromatic rings. The molecule has 6 heterocycles. The Balaban J connectivity index is 0.743. The van der Waals surface area contributed by atoms with Gasteiger partial charge in [-0.3, -0.25) is 19.2 Å². The third-order valence-electron chi connectivity index (χ3n) is 19.5. The maximum Gasteiger partial charge on any atom is 0.338 e. The van der Waals surface area contributed by atoms with Gasteiger partial charge < -0.3 is 184 Å². The maximum atomic E-state index is 13.6. The van der Waals surface area contributed by atoms with Crippen molar-refractivity contribution in [2.24, 2.45) is 0 Å². The Morgan fingerprint density at radius 1 is 0.460 bits per heavy atom. The van der Waals surface area contributed by atoms with E-state index >= 15 is 0 Å². The Kier molecular flexibility index (Phi) is 34.0. The highest BCUT2D eigenvalue weighted by atomic mass is 16.8. The summed E-state index contributed by atoms with van der Waals surface area (Å²) in [5, 5.41) is 202. The number of benzene rings is 3. The van der Waals surface area contributed by atoms with Crippen molar-refractivity contribution in [2.75, 3.05) is 85.8 Å². The Morgan fingerprint density at radius 3 is 1.45 bits per heavy atom. The summed E-state index contributed by atoms with van der Waals surface area (Å²) >= 11 is 0. The number of hydrogen-bond donors (Lipinski definition) is 22. The van der Waals surface area contributed by atoms with Crippen LogP contribution in [0, 0.1) is 0 Å². The summed E-state index contributed by atoms with van der Waals surface area (Å²) in [5.74, 6) is -2.87. The first-order valence-corrected chi connectivity index (χ1v) is 36.5. The van der Waals surface area contributed by atoms with E-state index in [4.69, 9.17) is 71.1 Å². The van der Waals surface area contributed by atoms with E-state index in [-0.39, 0.29) is 62.8 Å². The number of esters is 1. The Bertz CT molecular complexity index is 3470. The van der Waals surface area contributed by atoms with Gasteiger partial charge >= 0.3 is 5.97 Å². The zero-order chi connectivity index (χ0) is 82.0. The predicted octanol–water partition coefficient (Wildman–Crippen LogP) is -9.91. The monoisotopic (exact) mass is 1620 g/mol. The van der Waals surface area contributed by atoms with Crippen LogP contribution >= 0.6 is 0 Å². The molecule has 22 N–H and O–H groups in total. The second-order valence-corrected chi connectivity index (χ2v) is 27.6. The van der Waals surface area contributed by atoms with Crippen LogP contribution in [0.1, 0.15) is 49.0 Å². The molecule has 0 bridgehead atoms. The summed E-state index contributed by atoms with van der Waals surface area (Å²) in [7, 11) is 0. The lowest BCUT2D eigenvalue weighted by atomic mass is 9.85. The highest BCUT2D eigenvalue weighted by Crippen LogP contribution is 2.39. The van der Waals surface area contributed by atoms with Gasteiger partial charge in [0, 0.05) is 40.0 Å². The van der Waals surface area contributed by atoms with Crippen molar-refractivity contribution in [3.63, 3.8) is 0 Å². The van der Waals surface area contributed by atoms with Crippen LogP contribution in [0.25, 0.3) is 11.1 Å². The molecule has 29 atom stereocenters. The number of amides is 4. The van der Waals surface area contributed by atoms with E-state index in [9.17, 15) is 116 Å². The number of rotatable bonds is 37. The van der Waals surface area contributed by atoms with Crippen LogP contribution < -0.4 is 30.7 Å². The van der Waals surface area contributed by atoms with Crippen LogP contribution in [0.2, 0.25) is 0 Å². The van der Waals surface area contributed by atoms with E-state index in [1.165, 1.54) is 6.07 Å². The predicted molar refractivity (Wildman–Crippen MR) is 371 cm³/mol. The molecule has 634 valence electrons. The molecule has 4 amide bonds. The maximum absolute atomic E-state index is 13.6. The topological polar surface area (TPSA) is 636 Å². The average molecular weight is 1620 g/mol. The summed E-state index contributed by atoms with van der Waals surface area (Å²) < 4.78 is 86.4. The molecule has 0 saturated carbocycles. The number of nitrogens with one attached hydrogen (secondary N) is 4. The summed E-state index contributed by atoms with van der Waals surface area (Å²) in [6, 6.07) is 16.9. The fraction of sp³-hybridized carbons (Fsp3) is 0.676. The molecule has 6 aliphatic heterocycles. The summed E-state index contributed by atoms with van der Waals surface area (Å²) in [4.78, 5) is 64.9. The van der Waals surface area contributed by atoms with E-state index in [1.54, 1.807) is 66.7 Å². The van der Waals surface area contributed by atoms with Gasteiger partial charge in [-0.25, -0.2) is 4.79 Å². The number of hydrogen-bond acceptors (Lipinski definition) is 38. The third-order valence-corrected chi connectivity index (χ3v) is 19.5. The Morgan fingerprint density at radius 2 is 0.929 bits per heavy atom. The molecule has 6 aliphatic rings. The van der Waals surface area contributed by atoms with Crippen molar-refractivity contribution in [2.45, 2.75) is 217 Å². The van der Waals surface area contributed by atoms with Gasteiger partial charge in [0.15, 0.2) is 51.0 Å². The molecular weight excluding hydrogens is 1520 g/mol. The fourth-order valence-electron chi connectivity index (χ4n) is 13.4. The van der Waals surface area contributed by atoms with Crippen molar-refractivity contribution in [1.82, 2.24) is 21.3 Å². The zero-order valence-corrected chi connectivity index (χ0v) is 61.3. The van der Waals surface area contributed by atoms with Gasteiger partial charge in [0.2, 0.25) is 11.8 Å². The minimum Gasteiger partial charge on any atom is -0.484 e. The van der Waals surface area contributed by atoms with Crippen LogP contribution in [0.4, 0.5) is 0 Å². The van der Waals surface area contributed by atoms with Crippen molar-refractivity contribution in [3.05, 3.63) is 83.9 Å². The quantitative estimate of drug-likeness (QED) is 0.0188. The van der Waals surface area contributed by atoms with Crippen LogP contribution in [0.5, 0.6) is 11.5 Å². The lowest BCUT2D eigenvalue weighted by molar-refractivity contribution is -0.385. The highest BCUT2D eigenvalue weighted by Gasteiger charge is 2.59. The van der Waals surface area contributed by atoms with Gasteiger partial charge in [-0.05, 0) is 59.9 Å². The molecule has 0 aliphatic carbocycles. The molecule has 113 heavy (non-hydrogen) atoms. The van der Waals surface area contributed by atoms with E-state index in [0.717, 1.165) is 13.8 Å². The van der Waals surface area contributed by atoms with Gasteiger partial charge in [-0.1, -0.05) is 42.5 Å². The van der Waals surface area contributed by atoms with Gasteiger partial charge in [0.25, 0.3) is 11.8 Å². The summed E-state index contributed by atoms with van der Waals surface area (Å²) in [6.07, 6.45) is -46.0. The highest BCUT2D eigenvalue weighted by molar-refractivity contribution is 5.92. The lowest BCUT2D eigenvalue weighted by Gasteiger charge is -2.51. The van der Waals surface area contributed by atoms with Crippen LogP contribution in [-0.2, 0) is 87.4 Å². The molecule has 9 rings (SSSR count). The zero-order valence-electron chi connectivity index (χ0n) is 61.3. The molecule has 0 spiro atoms. The van der Waals surface area contributed by atoms with Crippen LogP contribution in [-0.4, -0.2) is 385 Å². The minimum absolute atomic E-state index is 0.0112. The normalized spacial score (nSPS) is 36.0. The van der Waals surface area contributed by atoms with Crippen molar-refractivity contribution < 1.29 is 187 Å². The standard InChI is InChI=1S/C71H102N4O38/c1-32(82)74-47-53(90)60(110-69-58(95)61(51(88)42(25-79)107-69)111-67-56(93)54(91)49(86)40(23-77)105-67)44(27-81)109-66(47)100-19-7-16-72-45(84)29-101-38-12-10-35(11-13-38)36-20-37(64(98)103-28-34-8-4-3-5-9-34)22-39(21-36)102-30-46(85)73-15-6-18-99-65-48(75-33(2)83)63(97)71(14-17-76,31-104-65)113-70-59(96)62(52(89)43(26-80)108-70)112-68-57(94)55(92)50(87)41(24-78)106-68/h3-5,8-13,20-22,40-44,47-63,65-70,76-81,86-97H,6-7,14-19,23-31H2,1-2H3,(H,72,84)(H,73,85)(H,74,82)(H,75,83)/t40?,41?,42?,43?,44?,47?,48?,49-,50-,51-,52-,53?,54?,55?,56?,57?,58?,59?,60+,61?,62?,63?,65+,66+,67+,68+,69-,70-,71-/m0/s1. The number of carbonyl (C=O) groups is 5. The number of ether oxygens (including phenoxy) is 15. The first-order valence-electron chi connectivity index (χ1n) is 36.5. The van der Waals surface area contributed by atoms with Crippen LogP contribution in [0.3, 0.4) is 0 Å². The molecule has 6 saturated heterocycles.